The minimum Gasteiger partial charge on any atom is -0.497 e. The summed E-state index contributed by atoms with van der Waals surface area (Å²) >= 11 is 0. The third-order valence-electron chi connectivity index (χ3n) is 4.15. The number of carbonyl (C=O) groups is 1. The van der Waals surface area contributed by atoms with Crippen molar-refractivity contribution in [3.8, 4) is 17.2 Å². The largest absolute Gasteiger partial charge is 0.497 e. The predicted octanol–water partition coefficient (Wildman–Crippen LogP) is 2.54. The molecule has 0 atom stereocenters. The quantitative estimate of drug-likeness (QED) is 0.807. The Morgan fingerprint density at radius 1 is 1.12 bits per heavy atom. The lowest BCUT2D eigenvalue weighted by atomic mass is 10.1. The first-order chi connectivity index (χ1) is 12.2. The Hall–Kier alpha value is -2.76. The maximum absolute atomic E-state index is 12.3. The molecular formula is C19H22N2O4. The maximum atomic E-state index is 12.3. The van der Waals surface area contributed by atoms with E-state index in [1.165, 1.54) is 0 Å². The molecule has 1 aromatic carbocycles. The molecular weight excluding hydrogens is 320 g/mol. The molecule has 2 heterocycles. The lowest BCUT2D eigenvalue weighted by molar-refractivity contribution is -0.135. The Morgan fingerprint density at radius 2 is 1.84 bits per heavy atom. The summed E-state index contributed by atoms with van der Waals surface area (Å²) in [5, 5.41) is 0. The smallest absolute Gasteiger partial charge is 0.260 e. The second-order valence-electron chi connectivity index (χ2n) is 5.85. The molecule has 0 radical (unpaired) electrons. The molecule has 132 valence electrons. The normalized spacial score (nSPS) is 14.8. The second kappa shape index (κ2) is 8.37. The van der Waals surface area contributed by atoms with Crippen LogP contribution in [0.25, 0.3) is 0 Å². The first kappa shape index (κ1) is 17.1. The van der Waals surface area contributed by atoms with Gasteiger partial charge in [-0.3, -0.25) is 9.78 Å². The summed E-state index contributed by atoms with van der Waals surface area (Å²) in [6, 6.07) is 10.9. The third kappa shape index (κ3) is 4.86. The zero-order chi connectivity index (χ0) is 17.5. The number of carbonyl (C=O) groups excluding carboxylic acids is 1. The van der Waals surface area contributed by atoms with Gasteiger partial charge in [0.1, 0.15) is 23.4 Å². The van der Waals surface area contributed by atoms with Crippen molar-refractivity contribution >= 4 is 5.91 Å². The standard InChI is InChI=1S/C19H22N2O4/c1-23-15-4-6-16(7-5-15)24-14-19(22)21-11-8-17(9-12-21)25-18-3-2-10-20-13-18/h2-7,10,13,17H,8-9,11-12,14H2,1H3. The van der Waals surface area contributed by atoms with E-state index in [0.29, 0.717) is 18.8 Å². The van der Waals surface area contributed by atoms with Gasteiger partial charge in [-0.05, 0) is 36.4 Å². The number of ether oxygens (including phenoxy) is 3. The molecule has 0 bridgehead atoms. The summed E-state index contributed by atoms with van der Waals surface area (Å²) in [6.45, 7) is 1.39. The van der Waals surface area contributed by atoms with Crippen LogP contribution in [0.15, 0.2) is 48.8 Å². The van der Waals surface area contributed by atoms with Gasteiger partial charge in [0.15, 0.2) is 6.61 Å². The van der Waals surface area contributed by atoms with Crippen molar-refractivity contribution in [1.29, 1.82) is 0 Å². The van der Waals surface area contributed by atoms with Gasteiger partial charge in [0.05, 0.1) is 13.3 Å². The molecule has 6 heteroatoms. The van der Waals surface area contributed by atoms with Crippen molar-refractivity contribution in [2.45, 2.75) is 18.9 Å². The Labute approximate surface area is 147 Å². The predicted molar refractivity (Wildman–Crippen MR) is 93.0 cm³/mol. The lowest BCUT2D eigenvalue weighted by Gasteiger charge is -2.32. The minimum atomic E-state index is -0.00403. The fourth-order valence-corrected chi connectivity index (χ4v) is 2.74. The van der Waals surface area contributed by atoms with E-state index in [9.17, 15) is 4.79 Å². The molecule has 0 aliphatic carbocycles. The third-order valence-corrected chi connectivity index (χ3v) is 4.15. The van der Waals surface area contributed by atoms with Gasteiger partial charge in [0, 0.05) is 32.1 Å². The highest BCUT2D eigenvalue weighted by Gasteiger charge is 2.24. The molecule has 1 saturated heterocycles. The number of hydrogen-bond acceptors (Lipinski definition) is 5. The van der Waals surface area contributed by atoms with Crippen LogP contribution in [0, 0.1) is 0 Å². The van der Waals surface area contributed by atoms with Crippen molar-refractivity contribution in [1.82, 2.24) is 9.88 Å². The van der Waals surface area contributed by atoms with E-state index in [0.717, 1.165) is 24.3 Å². The van der Waals surface area contributed by atoms with Gasteiger partial charge in [-0.1, -0.05) is 0 Å². The SMILES string of the molecule is COc1ccc(OCC(=O)N2CCC(Oc3cccnc3)CC2)cc1. The minimum absolute atomic E-state index is 0.00403. The molecule has 1 amide bonds. The molecule has 0 spiro atoms. The Kier molecular flexibility index (Phi) is 5.72. The van der Waals surface area contributed by atoms with Gasteiger partial charge in [-0.2, -0.15) is 0 Å². The van der Waals surface area contributed by atoms with E-state index in [1.54, 1.807) is 43.8 Å². The first-order valence-corrected chi connectivity index (χ1v) is 8.36. The summed E-state index contributed by atoms with van der Waals surface area (Å²) in [6.07, 6.45) is 5.17. The molecule has 0 N–H and O–H groups in total. The highest BCUT2D eigenvalue weighted by atomic mass is 16.5. The number of hydrogen-bond donors (Lipinski definition) is 0. The van der Waals surface area contributed by atoms with Crippen molar-refractivity contribution in [2.24, 2.45) is 0 Å². The van der Waals surface area contributed by atoms with Crippen LogP contribution in [0.1, 0.15) is 12.8 Å². The second-order valence-corrected chi connectivity index (χ2v) is 5.85. The van der Waals surface area contributed by atoms with Crippen LogP contribution in [0.5, 0.6) is 17.2 Å². The summed E-state index contributed by atoms with van der Waals surface area (Å²) in [5.41, 5.74) is 0. The summed E-state index contributed by atoms with van der Waals surface area (Å²) in [7, 11) is 1.61. The molecule has 1 aliphatic heterocycles. The number of pyridine rings is 1. The highest BCUT2D eigenvalue weighted by Crippen LogP contribution is 2.19. The van der Waals surface area contributed by atoms with Gasteiger partial charge in [0.25, 0.3) is 5.91 Å². The average Bonchev–Trinajstić information content (AvgIpc) is 2.68. The van der Waals surface area contributed by atoms with Gasteiger partial charge >= 0.3 is 0 Å². The van der Waals surface area contributed by atoms with Crippen molar-refractivity contribution in [3.05, 3.63) is 48.8 Å². The zero-order valence-electron chi connectivity index (χ0n) is 14.3. The van der Waals surface area contributed by atoms with Crippen LogP contribution in [0.4, 0.5) is 0 Å². The Bertz CT molecular complexity index is 668. The van der Waals surface area contributed by atoms with E-state index in [-0.39, 0.29) is 18.6 Å². The van der Waals surface area contributed by atoms with Crippen LogP contribution >= 0.6 is 0 Å². The fourth-order valence-electron chi connectivity index (χ4n) is 2.74. The van der Waals surface area contributed by atoms with Crippen LogP contribution in [-0.2, 0) is 4.79 Å². The van der Waals surface area contributed by atoms with E-state index >= 15 is 0 Å². The molecule has 3 rings (SSSR count). The van der Waals surface area contributed by atoms with E-state index < -0.39 is 0 Å². The van der Waals surface area contributed by atoms with E-state index in [1.807, 2.05) is 17.0 Å². The van der Waals surface area contributed by atoms with Gasteiger partial charge in [0.2, 0.25) is 0 Å². The number of piperidine rings is 1. The zero-order valence-corrected chi connectivity index (χ0v) is 14.3. The van der Waals surface area contributed by atoms with Crippen LogP contribution < -0.4 is 14.2 Å². The molecule has 0 unspecified atom stereocenters. The molecule has 2 aromatic rings. The maximum Gasteiger partial charge on any atom is 0.260 e. The average molecular weight is 342 g/mol. The molecule has 1 aromatic heterocycles. The number of nitrogens with zero attached hydrogens (tertiary/aromatic N) is 2. The van der Waals surface area contributed by atoms with Crippen LogP contribution in [0.2, 0.25) is 0 Å². The highest BCUT2D eigenvalue weighted by molar-refractivity contribution is 5.77. The van der Waals surface area contributed by atoms with E-state index in [2.05, 4.69) is 4.98 Å². The summed E-state index contributed by atoms with van der Waals surface area (Å²) in [4.78, 5) is 18.2. The van der Waals surface area contributed by atoms with Crippen LogP contribution in [0.3, 0.4) is 0 Å². The fraction of sp³-hybridized carbons (Fsp3) is 0.368. The molecule has 6 nitrogen and oxygen atoms in total. The molecule has 1 fully saturated rings. The van der Waals surface area contributed by atoms with Gasteiger partial charge in [-0.25, -0.2) is 0 Å². The number of benzene rings is 1. The van der Waals surface area contributed by atoms with Crippen molar-refractivity contribution in [3.63, 3.8) is 0 Å². The molecule has 25 heavy (non-hydrogen) atoms. The first-order valence-electron chi connectivity index (χ1n) is 8.36. The monoisotopic (exact) mass is 342 g/mol. The van der Waals surface area contributed by atoms with Crippen molar-refractivity contribution in [2.75, 3.05) is 26.8 Å². The van der Waals surface area contributed by atoms with Crippen molar-refractivity contribution < 1.29 is 19.0 Å². The topological polar surface area (TPSA) is 60.9 Å². The lowest BCUT2D eigenvalue weighted by Crippen LogP contribution is -2.43. The van der Waals surface area contributed by atoms with Gasteiger partial charge in [-0.15, -0.1) is 0 Å². The summed E-state index contributed by atoms with van der Waals surface area (Å²) < 4.78 is 16.5. The van der Waals surface area contributed by atoms with Gasteiger partial charge < -0.3 is 19.1 Å². The number of methoxy groups -OCH3 is 1. The number of likely N-dealkylation sites (tertiary alicyclic amines) is 1. The van der Waals surface area contributed by atoms with E-state index in [4.69, 9.17) is 14.2 Å². The van der Waals surface area contributed by atoms with Crippen LogP contribution in [-0.4, -0.2) is 48.7 Å². The molecule has 1 aliphatic rings. The number of amides is 1. The summed E-state index contributed by atoms with van der Waals surface area (Å²) in [5.74, 6) is 2.18. The molecule has 0 saturated carbocycles. The Morgan fingerprint density at radius 3 is 2.48 bits per heavy atom. The Balaban J connectivity index is 1.41. The number of rotatable bonds is 6. The number of aromatic nitrogens is 1.